The van der Waals surface area contributed by atoms with E-state index in [1.54, 1.807) is 23.2 Å². The third kappa shape index (κ3) is 4.48. The molecule has 4 aromatic rings. The number of fused-ring (bicyclic) bond motifs is 1. The molecule has 0 unspecified atom stereocenters. The maximum atomic E-state index is 14.8. The Bertz CT molecular complexity index is 1540. The van der Waals surface area contributed by atoms with Crippen LogP contribution in [-0.2, 0) is 9.53 Å². The number of nitrogens with zero attached hydrogens (tertiary/aromatic N) is 8. The summed E-state index contributed by atoms with van der Waals surface area (Å²) in [4.78, 5) is 56.0. The molecule has 4 aromatic heterocycles. The van der Waals surface area contributed by atoms with Gasteiger partial charge in [0.05, 0.1) is 53.8 Å². The number of carbonyl (C=O) groups excluding carboxylic acids is 3. The Morgan fingerprint density at radius 1 is 0.923 bits per heavy atom. The van der Waals surface area contributed by atoms with Gasteiger partial charge in [0.1, 0.15) is 5.82 Å². The minimum atomic E-state index is -0.828. The molecule has 2 aliphatic rings. The Hall–Kier alpha value is -4.72. The van der Waals surface area contributed by atoms with Crippen LogP contribution in [0.15, 0.2) is 43.1 Å². The Kier molecular flexibility index (Phi) is 6.44. The van der Waals surface area contributed by atoms with Crippen molar-refractivity contribution in [3.8, 4) is 5.82 Å². The Labute approximate surface area is 221 Å². The first-order chi connectivity index (χ1) is 19.0. The highest BCUT2D eigenvalue weighted by Crippen LogP contribution is 2.27. The van der Waals surface area contributed by atoms with Crippen molar-refractivity contribution in [3.05, 3.63) is 60.1 Å². The summed E-state index contributed by atoms with van der Waals surface area (Å²) >= 11 is 0. The van der Waals surface area contributed by atoms with Gasteiger partial charge in [0.15, 0.2) is 11.6 Å². The fraction of sp³-hybridized carbons (Fsp3) is 0.320. The molecule has 0 aliphatic carbocycles. The topological polar surface area (TPSA) is 142 Å². The minimum Gasteiger partial charge on any atom is -0.378 e. The van der Waals surface area contributed by atoms with Crippen LogP contribution >= 0.6 is 0 Å². The first-order valence-electron chi connectivity index (χ1n) is 12.5. The first kappa shape index (κ1) is 24.6. The van der Waals surface area contributed by atoms with Gasteiger partial charge >= 0.3 is 0 Å². The number of anilines is 1. The molecule has 200 valence electrons. The van der Waals surface area contributed by atoms with Gasteiger partial charge in [-0.1, -0.05) is 5.21 Å². The number of aromatic amines is 1. The van der Waals surface area contributed by atoms with E-state index in [1.807, 2.05) is 4.90 Å². The van der Waals surface area contributed by atoms with E-state index in [9.17, 15) is 18.8 Å². The van der Waals surface area contributed by atoms with Crippen molar-refractivity contribution in [2.75, 3.05) is 57.4 Å². The number of hydrogen-bond acceptors (Lipinski definition) is 9. The monoisotopic (exact) mass is 533 g/mol. The quantitative estimate of drug-likeness (QED) is 0.289. The lowest BCUT2D eigenvalue weighted by molar-refractivity contribution is -0.126. The summed E-state index contributed by atoms with van der Waals surface area (Å²) in [5, 5.41) is 7.56. The number of halogens is 1. The number of aromatic nitrogens is 6. The molecular formula is C25H24FN9O4. The van der Waals surface area contributed by atoms with Crippen molar-refractivity contribution in [2.24, 2.45) is 0 Å². The maximum Gasteiger partial charge on any atom is 0.295 e. The smallest absolute Gasteiger partial charge is 0.295 e. The molecule has 14 heteroatoms. The second-order valence-corrected chi connectivity index (χ2v) is 9.12. The summed E-state index contributed by atoms with van der Waals surface area (Å²) in [5.74, 6) is -1.62. The van der Waals surface area contributed by atoms with E-state index in [0.29, 0.717) is 50.8 Å². The number of amides is 2. The molecule has 2 fully saturated rings. The molecule has 0 bridgehead atoms. The van der Waals surface area contributed by atoms with Crippen molar-refractivity contribution in [3.63, 3.8) is 0 Å². The van der Waals surface area contributed by atoms with E-state index in [2.05, 4.69) is 25.3 Å². The lowest BCUT2D eigenvalue weighted by Gasteiger charge is -2.36. The van der Waals surface area contributed by atoms with Crippen LogP contribution in [0.2, 0.25) is 0 Å². The number of H-pyrrole nitrogens is 1. The molecule has 0 radical (unpaired) electrons. The van der Waals surface area contributed by atoms with Gasteiger partial charge in [-0.25, -0.2) is 19.0 Å². The molecule has 13 nitrogen and oxygen atoms in total. The average Bonchev–Trinajstić information content (AvgIpc) is 3.68. The third-order valence-electron chi connectivity index (χ3n) is 6.90. The number of hydrogen-bond donors (Lipinski definition) is 1. The predicted molar refractivity (Wildman–Crippen MR) is 135 cm³/mol. The fourth-order valence-electron chi connectivity index (χ4n) is 4.90. The van der Waals surface area contributed by atoms with Crippen LogP contribution in [0.3, 0.4) is 0 Å². The highest BCUT2D eigenvalue weighted by molar-refractivity contribution is 6.45. The molecule has 2 saturated heterocycles. The number of Topliss-reactive ketones (excluding diaryl/α,β-unsaturated/α-hetero) is 1. The van der Waals surface area contributed by atoms with E-state index in [0.717, 1.165) is 6.20 Å². The molecule has 2 aliphatic heterocycles. The Morgan fingerprint density at radius 3 is 2.46 bits per heavy atom. The van der Waals surface area contributed by atoms with Crippen LogP contribution in [0.1, 0.15) is 20.7 Å². The summed E-state index contributed by atoms with van der Waals surface area (Å²) in [6.45, 7) is 3.25. The summed E-state index contributed by atoms with van der Waals surface area (Å²) < 4.78 is 21.5. The highest BCUT2D eigenvalue weighted by Gasteiger charge is 2.32. The Morgan fingerprint density at radius 2 is 1.72 bits per heavy atom. The average molecular weight is 534 g/mol. The van der Waals surface area contributed by atoms with Crippen LogP contribution in [-0.4, -0.2) is 110 Å². The second-order valence-electron chi connectivity index (χ2n) is 9.12. The molecule has 0 aromatic carbocycles. The van der Waals surface area contributed by atoms with Crippen LogP contribution < -0.4 is 4.90 Å². The Balaban J connectivity index is 1.18. The number of ketones is 1. The van der Waals surface area contributed by atoms with Gasteiger partial charge in [0.2, 0.25) is 0 Å². The molecule has 1 N–H and O–H groups in total. The number of ether oxygens (including phenoxy) is 1. The largest absolute Gasteiger partial charge is 0.378 e. The van der Waals surface area contributed by atoms with Crippen LogP contribution in [0.25, 0.3) is 16.7 Å². The first-order valence-corrected chi connectivity index (χ1v) is 12.5. The summed E-state index contributed by atoms with van der Waals surface area (Å²) in [6, 6.07) is 3.47. The molecule has 0 spiro atoms. The molecular weight excluding hydrogens is 509 g/mol. The van der Waals surface area contributed by atoms with Crippen molar-refractivity contribution in [2.45, 2.75) is 0 Å². The van der Waals surface area contributed by atoms with Crippen molar-refractivity contribution in [1.82, 2.24) is 39.7 Å². The van der Waals surface area contributed by atoms with Crippen molar-refractivity contribution in [1.29, 1.82) is 0 Å². The van der Waals surface area contributed by atoms with Gasteiger partial charge in [-0.15, -0.1) is 5.10 Å². The number of piperazine rings is 1. The van der Waals surface area contributed by atoms with Crippen LogP contribution in [0.5, 0.6) is 0 Å². The van der Waals surface area contributed by atoms with Gasteiger partial charge in [-0.3, -0.25) is 14.4 Å². The van der Waals surface area contributed by atoms with E-state index in [1.165, 1.54) is 28.2 Å². The number of pyridine rings is 2. The van der Waals surface area contributed by atoms with Gasteiger partial charge < -0.3 is 24.4 Å². The number of rotatable bonds is 5. The number of morpholine rings is 1. The molecule has 6 heterocycles. The van der Waals surface area contributed by atoms with E-state index in [-0.39, 0.29) is 41.3 Å². The van der Waals surface area contributed by atoms with Gasteiger partial charge in [-0.05, 0) is 12.1 Å². The zero-order chi connectivity index (χ0) is 26.9. The molecule has 0 saturated carbocycles. The molecule has 39 heavy (non-hydrogen) atoms. The van der Waals surface area contributed by atoms with Crippen LogP contribution in [0.4, 0.5) is 10.2 Å². The van der Waals surface area contributed by atoms with Gasteiger partial charge in [0.25, 0.3) is 17.6 Å². The fourth-order valence-corrected chi connectivity index (χ4v) is 4.90. The van der Waals surface area contributed by atoms with Crippen LogP contribution in [0, 0.1) is 5.82 Å². The van der Waals surface area contributed by atoms with E-state index >= 15 is 0 Å². The van der Waals surface area contributed by atoms with Gasteiger partial charge in [-0.2, -0.15) is 0 Å². The zero-order valence-corrected chi connectivity index (χ0v) is 20.8. The van der Waals surface area contributed by atoms with E-state index < -0.39 is 17.5 Å². The second kappa shape index (κ2) is 10.2. The zero-order valence-electron chi connectivity index (χ0n) is 20.8. The number of carbonyl (C=O) groups is 3. The molecule has 0 atom stereocenters. The molecule has 2 amide bonds. The SMILES string of the molecule is O=C(C(=O)N1CCN(c2ncccc2C(=O)N2CCOCC2)CC1)c1c[nH]c2c(-n3ccnn3)ncc(F)c12. The lowest BCUT2D eigenvalue weighted by Crippen LogP contribution is -2.51. The standard InChI is InChI=1S/C25H24FN9O4/c26-18-15-29-23(35-5-4-30-31-35)20-19(18)17(14-28-20)21(36)25(38)33-8-6-32(7-9-33)22-16(2-1-3-27-22)24(37)34-10-12-39-13-11-34/h1-5,14-15,28H,6-13H2. The van der Waals surface area contributed by atoms with E-state index in [4.69, 9.17) is 4.74 Å². The van der Waals surface area contributed by atoms with Gasteiger partial charge in [0, 0.05) is 51.7 Å². The normalized spacial score (nSPS) is 16.1. The van der Waals surface area contributed by atoms with Crippen molar-refractivity contribution < 1.29 is 23.5 Å². The van der Waals surface area contributed by atoms with Crippen molar-refractivity contribution >= 4 is 34.3 Å². The minimum absolute atomic E-state index is 0.0350. The highest BCUT2D eigenvalue weighted by atomic mass is 19.1. The summed E-state index contributed by atoms with van der Waals surface area (Å²) in [5.41, 5.74) is 0.636. The lowest BCUT2D eigenvalue weighted by atomic mass is 10.1. The summed E-state index contributed by atoms with van der Waals surface area (Å²) in [7, 11) is 0. The number of nitrogens with one attached hydrogen (secondary N) is 1. The molecule has 6 rings (SSSR count). The summed E-state index contributed by atoms with van der Waals surface area (Å²) in [6.07, 6.45) is 6.90. The third-order valence-corrected chi connectivity index (χ3v) is 6.90. The maximum absolute atomic E-state index is 14.8. The predicted octanol–water partition coefficient (Wildman–Crippen LogP) is 0.682.